The second-order valence-corrected chi connectivity index (χ2v) is 5.00. The van der Waals surface area contributed by atoms with E-state index in [9.17, 15) is 4.39 Å². The highest BCUT2D eigenvalue weighted by atomic mass is 35.5. The number of nitrogens with two attached hydrogens (primary N) is 1. The zero-order valence-electron chi connectivity index (χ0n) is 9.71. The van der Waals surface area contributed by atoms with Crippen LogP contribution in [0.2, 0.25) is 5.02 Å². The molecule has 0 radical (unpaired) electrons. The third-order valence-electron chi connectivity index (χ3n) is 2.44. The van der Waals surface area contributed by atoms with Crippen LogP contribution in [-0.4, -0.2) is 6.26 Å². The number of hydrogen-bond donors (Lipinski definition) is 2. The molecule has 0 aromatic heterocycles. The molecule has 0 bridgehead atoms. The van der Waals surface area contributed by atoms with Crippen LogP contribution in [-0.2, 0) is 0 Å². The summed E-state index contributed by atoms with van der Waals surface area (Å²) in [4.78, 5) is 1.13. The smallest absolute Gasteiger partial charge is 0.143 e. The molecule has 18 heavy (non-hydrogen) atoms. The van der Waals surface area contributed by atoms with E-state index in [0.29, 0.717) is 11.4 Å². The Balaban J connectivity index is 2.30. The van der Waals surface area contributed by atoms with E-state index < -0.39 is 5.82 Å². The Kier molecular flexibility index (Phi) is 3.99. The van der Waals surface area contributed by atoms with E-state index in [2.05, 4.69) is 5.32 Å². The number of nitrogens with one attached hydrogen (secondary N) is 1. The molecule has 5 heteroatoms. The largest absolute Gasteiger partial charge is 0.397 e. The first-order chi connectivity index (χ1) is 8.60. The van der Waals surface area contributed by atoms with Gasteiger partial charge < -0.3 is 11.1 Å². The highest BCUT2D eigenvalue weighted by molar-refractivity contribution is 7.98. The van der Waals surface area contributed by atoms with Crippen LogP contribution in [0.1, 0.15) is 0 Å². The Labute approximate surface area is 114 Å². The third kappa shape index (κ3) is 2.89. The van der Waals surface area contributed by atoms with Gasteiger partial charge in [-0.05, 0) is 30.5 Å². The van der Waals surface area contributed by atoms with Gasteiger partial charge in [0, 0.05) is 16.6 Å². The molecular formula is C13H12ClFN2S. The van der Waals surface area contributed by atoms with Gasteiger partial charge in [0.2, 0.25) is 0 Å². The normalized spacial score (nSPS) is 10.4. The predicted molar refractivity (Wildman–Crippen MR) is 77.3 cm³/mol. The van der Waals surface area contributed by atoms with Gasteiger partial charge in [-0.25, -0.2) is 4.39 Å². The number of benzene rings is 2. The summed E-state index contributed by atoms with van der Waals surface area (Å²) in [5.74, 6) is -0.516. The van der Waals surface area contributed by atoms with Gasteiger partial charge in [0.1, 0.15) is 5.82 Å². The second-order valence-electron chi connectivity index (χ2n) is 3.71. The molecule has 2 aromatic rings. The molecule has 3 N–H and O–H groups in total. The van der Waals surface area contributed by atoms with E-state index in [1.54, 1.807) is 11.8 Å². The summed E-state index contributed by atoms with van der Waals surface area (Å²) < 4.78 is 13.2. The molecular weight excluding hydrogens is 271 g/mol. The molecule has 94 valence electrons. The fourth-order valence-electron chi connectivity index (χ4n) is 1.53. The van der Waals surface area contributed by atoms with E-state index >= 15 is 0 Å². The zero-order chi connectivity index (χ0) is 13.1. The first-order valence-corrected chi connectivity index (χ1v) is 6.86. The minimum absolute atomic E-state index is 0.0488. The zero-order valence-corrected chi connectivity index (χ0v) is 11.3. The Morgan fingerprint density at radius 2 is 2.06 bits per heavy atom. The highest BCUT2D eigenvalue weighted by Gasteiger charge is 2.06. The molecule has 0 atom stereocenters. The predicted octanol–water partition coefficient (Wildman–Crippen LogP) is 4.53. The molecule has 2 aromatic carbocycles. The standard InChI is InChI=1S/C13H12ClFN2S/c1-18-9-4-2-3-8(5-9)17-13-6-10(14)11(15)7-12(13)16/h2-7,17H,16H2,1H3. The fourth-order valence-corrected chi connectivity index (χ4v) is 2.15. The number of rotatable bonds is 3. The summed E-state index contributed by atoms with van der Waals surface area (Å²) in [6.07, 6.45) is 2.00. The third-order valence-corrected chi connectivity index (χ3v) is 3.46. The lowest BCUT2D eigenvalue weighted by molar-refractivity contribution is 0.629. The molecule has 0 aliphatic carbocycles. The van der Waals surface area contributed by atoms with Crippen molar-refractivity contribution < 1.29 is 4.39 Å². The van der Waals surface area contributed by atoms with E-state index in [1.165, 1.54) is 12.1 Å². The molecule has 2 rings (SSSR count). The molecule has 0 fully saturated rings. The maximum Gasteiger partial charge on any atom is 0.143 e. The summed E-state index contributed by atoms with van der Waals surface area (Å²) in [6, 6.07) is 10.5. The average molecular weight is 283 g/mol. The molecule has 0 saturated heterocycles. The first kappa shape index (κ1) is 13.1. The summed E-state index contributed by atoms with van der Waals surface area (Å²) in [5, 5.41) is 3.17. The Hall–Kier alpha value is -1.39. The number of halogens is 2. The summed E-state index contributed by atoms with van der Waals surface area (Å²) in [5.41, 5.74) is 7.55. The fraction of sp³-hybridized carbons (Fsp3) is 0.0769. The van der Waals surface area contributed by atoms with Gasteiger partial charge in [-0.3, -0.25) is 0 Å². The van der Waals surface area contributed by atoms with Crippen LogP contribution >= 0.6 is 23.4 Å². The van der Waals surface area contributed by atoms with Crippen molar-refractivity contribution in [3.63, 3.8) is 0 Å². The van der Waals surface area contributed by atoms with Crippen molar-refractivity contribution in [2.75, 3.05) is 17.3 Å². The summed E-state index contributed by atoms with van der Waals surface area (Å²) in [6.45, 7) is 0. The molecule has 0 unspecified atom stereocenters. The Morgan fingerprint density at radius 1 is 1.28 bits per heavy atom. The lowest BCUT2D eigenvalue weighted by Crippen LogP contribution is -1.97. The number of thioether (sulfide) groups is 1. The summed E-state index contributed by atoms with van der Waals surface area (Å²) in [7, 11) is 0. The monoisotopic (exact) mass is 282 g/mol. The van der Waals surface area contributed by atoms with Crippen LogP contribution in [0.25, 0.3) is 0 Å². The van der Waals surface area contributed by atoms with E-state index in [1.807, 2.05) is 30.5 Å². The Bertz CT molecular complexity index is 575. The van der Waals surface area contributed by atoms with Crippen LogP contribution in [0.3, 0.4) is 0 Å². The SMILES string of the molecule is CSc1cccc(Nc2cc(Cl)c(F)cc2N)c1. The maximum atomic E-state index is 13.2. The number of hydrogen-bond acceptors (Lipinski definition) is 3. The average Bonchev–Trinajstić information content (AvgIpc) is 2.36. The van der Waals surface area contributed by atoms with Gasteiger partial charge in [0.05, 0.1) is 16.4 Å². The van der Waals surface area contributed by atoms with Crippen LogP contribution < -0.4 is 11.1 Å². The van der Waals surface area contributed by atoms with Crippen LogP contribution in [0, 0.1) is 5.82 Å². The molecule has 0 heterocycles. The van der Waals surface area contributed by atoms with Gasteiger partial charge in [0.15, 0.2) is 0 Å². The summed E-state index contributed by atoms with van der Waals surface area (Å²) >= 11 is 7.38. The molecule has 2 nitrogen and oxygen atoms in total. The topological polar surface area (TPSA) is 38.0 Å². The molecule has 0 aliphatic heterocycles. The lowest BCUT2D eigenvalue weighted by Gasteiger charge is -2.11. The Morgan fingerprint density at radius 3 is 2.78 bits per heavy atom. The van der Waals surface area contributed by atoms with Crippen molar-refractivity contribution in [2.45, 2.75) is 4.90 Å². The van der Waals surface area contributed by atoms with Gasteiger partial charge in [0.25, 0.3) is 0 Å². The van der Waals surface area contributed by atoms with Crippen molar-refractivity contribution in [2.24, 2.45) is 0 Å². The minimum Gasteiger partial charge on any atom is -0.397 e. The van der Waals surface area contributed by atoms with E-state index in [-0.39, 0.29) is 5.02 Å². The van der Waals surface area contributed by atoms with Crippen LogP contribution in [0.4, 0.5) is 21.5 Å². The molecule has 0 saturated carbocycles. The minimum atomic E-state index is -0.516. The van der Waals surface area contributed by atoms with Crippen LogP contribution in [0.5, 0.6) is 0 Å². The van der Waals surface area contributed by atoms with Crippen LogP contribution in [0.15, 0.2) is 41.3 Å². The van der Waals surface area contributed by atoms with Gasteiger partial charge in [-0.2, -0.15) is 0 Å². The van der Waals surface area contributed by atoms with Crippen molar-refractivity contribution in [1.29, 1.82) is 0 Å². The quantitative estimate of drug-likeness (QED) is 0.642. The van der Waals surface area contributed by atoms with Gasteiger partial charge in [-0.15, -0.1) is 11.8 Å². The van der Waals surface area contributed by atoms with Gasteiger partial charge >= 0.3 is 0 Å². The number of nitrogen functional groups attached to an aromatic ring is 1. The molecule has 0 aliphatic rings. The lowest BCUT2D eigenvalue weighted by atomic mass is 10.2. The van der Waals surface area contributed by atoms with Crippen molar-refractivity contribution >= 4 is 40.4 Å². The van der Waals surface area contributed by atoms with Crippen molar-refractivity contribution in [3.05, 3.63) is 47.2 Å². The van der Waals surface area contributed by atoms with Gasteiger partial charge in [-0.1, -0.05) is 17.7 Å². The maximum absolute atomic E-state index is 13.2. The van der Waals surface area contributed by atoms with Crippen molar-refractivity contribution in [1.82, 2.24) is 0 Å². The van der Waals surface area contributed by atoms with E-state index in [4.69, 9.17) is 17.3 Å². The highest BCUT2D eigenvalue weighted by Crippen LogP contribution is 2.30. The second kappa shape index (κ2) is 5.50. The number of anilines is 3. The molecule has 0 spiro atoms. The van der Waals surface area contributed by atoms with Crippen molar-refractivity contribution in [3.8, 4) is 0 Å². The van der Waals surface area contributed by atoms with E-state index in [0.717, 1.165) is 10.6 Å². The molecule has 0 amide bonds. The first-order valence-electron chi connectivity index (χ1n) is 5.26.